The number of fused-ring (bicyclic) bond motifs is 1. The van der Waals surface area contributed by atoms with E-state index >= 15 is 0 Å². The first kappa shape index (κ1) is 20.6. The molecule has 0 radical (unpaired) electrons. The second-order valence-corrected chi connectivity index (χ2v) is 10.3. The van der Waals surface area contributed by atoms with Crippen LogP contribution in [0.3, 0.4) is 0 Å². The molecule has 160 valence electrons. The summed E-state index contributed by atoms with van der Waals surface area (Å²) < 4.78 is 5.92. The zero-order valence-electron chi connectivity index (χ0n) is 18.3. The van der Waals surface area contributed by atoms with Gasteiger partial charge in [0, 0.05) is 44.1 Å². The molecule has 1 aromatic heterocycles. The van der Waals surface area contributed by atoms with Gasteiger partial charge < -0.3 is 14.6 Å². The molecule has 3 aliphatic rings. The van der Waals surface area contributed by atoms with E-state index in [0.717, 1.165) is 31.8 Å². The largest absolute Gasteiger partial charge is 0.455 e. The number of piperidine rings is 1. The van der Waals surface area contributed by atoms with Crippen molar-refractivity contribution in [1.82, 2.24) is 10.2 Å². The minimum atomic E-state index is -0.159. The van der Waals surface area contributed by atoms with Gasteiger partial charge in [0.25, 0.3) is 5.91 Å². The van der Waals surface area contributed by atoms with Gasteiger partial charge in [-0.3, -0.25) is 9.59 Å². The Bertz CT molecular complexity index is 765. The molecule has 5 nitrogen and oxygen atoms in total. The van der Waals surface area contributed by atoms with E-state index < -0.39 is 0 Å². The zero-order chi connectivity index (χ0) is 20.6. The van der Waals surface area contributed by atoms with Crippen molar-refractivity contribution in [3.63, 3.8) is 0 Å². The quantitative estimate of drug-likeness (QED) is 0.807. The third-order valence-corrected chi connectivity index (χ3v) is 7.15. The van der Waals surface area contributed by atoms with E-state index in [9.17, 15) is 9.59 Å². The number of hydrogen-bond acceptors (Lipinski definition) is 4. The number of carbonyl (C=O) groups is 2. The van der Waals surface area contributed by atoms with Gasteiger partial charge in [0.1, 0.15) is 5.76 Å². The number of nitrogens with zero attached hydrogens (tertiary/aromatic N) is 1. The zero-order valence-corrected chi connectivity index (χ0v) is 18.3. The lowest BCUT2D eigenvalue weighted by Gasteiger charge is -2.35. The van der Waals surface area contributed by atoms with E-state index in [4.69, 9.17) is 4.42 Å². The number of Topliss-reactive ketones (excluding diaryl/α,β-unsaturated/α-hetero) is 1. The third-order valence-electron chi connectivity index (χ3n) is 7.15. The van der Waals surface area contributed by atoms with Gasteiger partial charge in [-0.15, -0.1) is 0 Å². The first-order chi connectivity index (χ1) is 13.8. The predicted molar refractivity (Wildman–Crippen MR) is 113 cm³/mol. The van der Waals surface area contributed by atoms with Crippen LogP contribution in [0.5, 0.6) is 0 Å². The minimum absolute atomic E-state index is 0.104. The molecule has 1 saturated carbocycles. The highest BCUT2D eigenvalue weighted by Crippen LogP contribution is 2.38. The summed E-state index contributed by atoms with van der Waals surface area (Å²) in [6.07, 6.45) is 10.2. The van der Waals surface area contributed by atoms with Gasteiger partial charge in [0.2, 0.25) is 0 Å². The van der Waals surface area contributed by atoms with Crippen LogP contribution in [0.1, 0.15) is 97.5 Å². The fraction of sp³-hybridized carbons (Fsp3) is 0.750. The Morgan fingerprint density at radius 3 is 2.48 bits per heavy atom. The summed E-state index contributed by atoms with van der Waals surface area (Å²) in [6.45, 7) is 9.34. The number of furan rings is 1. The van der Waals surface area contributed by atoms with Crippen molar-refractivity contribution >= 4 is 11.7 Å². The summed E-state index contributed by atoms with van der Waals surface area (Å²) in [6, 6.07) is 0.193. The van der Waals surface area contributed by atoms with Crippen molar-refractivity contribution < 1.29 is 14.0 Å². The Labute approximate surface area is 174 Å². The topological polar surface area (TPSA) is 62.6 Å². The minimum Gasteiger partial charge on any atom is -0.455 e. The number of carbonyl (C=O) groups excluding carboxylic acids is 2. The number of rotatable bonds is 4. The fourth-order valence-electron chi connectivity index (χ4n) is 5.55. The van der Waals surface area contributed by atoms with E-state index in [1.165, 1.54) is 38.6 Å². The van der Waals surface area contributed by atoms with Gasteiger partial charge in [-0.2, -0.15) is 0 Å². The number of likely N-dealkylation sites (tertiary alicyclic amines) is 1. The van der Waals surface area contributed by atoms with Gasteiger partial charge in [-0.25, -0.2) is 0 Å². The fourth-order valence-corrected chi connectivity index (χ4v) is 5.55. The lowest BCUT2D eigenvalue weighted by Crippen LogP contribution is -2.46. The Morgan fingerprint density at radius 1 is 1.10 bits per heavy atom. The Balaban J connectivity index is 1.33. The van der Waals surface area contributed by atoms with Crippen LogP contribution in [-0.2, 0) is 6.42 Å². The average Bonchev–Trinajstić information content (AvgIpc) is 2.99. The Morgan fingerprint density at radius 2 is 1.79 bits per heavy atom. The number of amides is 1. The van der Waals surface area contributed by atoms with Gasteiger partial charge in [-0.05, 0) is 43.9 Å². The summed E-state index contributed by atoms with van der Waals surface area (Å²) in [4.78, 5) is 28.0. The molecule has 2 aliphatic carbocycles. The highest BCUT2D eigenvalue weighted by molar-refractivity contribution is 6.03. The molecule has 29 heavy (non-hydrogen) atoms. The SMILES string of the molecule is Cc1c(C(=O)NC2CCN(CC3CCCCC3)CC2)oc2c1C(=O)CC(C)(C)C2. The lowest BCUT2D eigenvalue weighted by molar-refractivity contribution is 0.0860. The van der Waals surface area contributed by atoms with Crippen molar-refractivity contribution in [2.45, 2.75) is 84.6 Å². The molecular weight excluding hydrogens is 364 g/mol. The summed E-state index contributed by atoms with van der Waals surface area (Å²) in [7, 11) is 0. The first-order valence-corrected chi connectivity index (χ1v) is 11.5. The van der Waals surface area contributed by atoms with Crippen LogP contribution in [0.25, 0.3) is 0 Å². The highest BCUT2D eigenvalue weighted by Gasteiger charge is 2.37. The summed E-state index contributed by atoms with van der Waals surface area (Å²) >= 11 is 0. The van der Waals surface area contributed by atoms with Gasteiger partial charge >= 0.3 is 0 Å². The van der Waals surface area contributed by atoms with Crippen LogP contribution in [0.15, 0.2) is 4.42 Å². The molecule has 1 aliphatic heterocycles. The molecule has 4 rings (SSSR count). The predicted octanol–water partition coefficient (Wildman–Crippen LogP) is 4.52. The Kier molecular flexibility index (Phi) is 5.87. The molecule has 0 bridgehead atoms. The van der Waals surface area contributed by atoms with Gasteiger partial charge in [-0.1, -0.05) is 33.1 Å². The van der Waals surface area contributed by atoms with E-state index in [0.29, 0.717) is 35.5 Å². The molecule has 1 saturated heterocycles. The summed E-state index contributed by atoms with van der Waals surface area (Å²) in [5, 5.41) is 3.17. The number of nitrogens with one attached hydrogen (secondary N) is 1. The van der Waals surface area contributed by atoms with E-state index in [1.807, 2.05) is 6.92 Å². The van der Waals surface area contributed by atoms with Crippen LogP contribution in [0, 0.1) is 18.3 Å². The summed E-state index contributed by atoms with van der Waals surface area (Å²) in [5.74, 6) is 1.84. The number of hydrogen-bond donors (Lipinski definition) is 1. The molecule has 1 amide bonds. The van der Waals surface area contributed by atoms with Crippen molar-refractivity contribution in [3.05, 3.63) is 22.6 Å². The summed E-state index contributed by atoms with van der Waals surface area (Å²) in [5.41, 5.74) is 1.26. The van der Waals surface area contributed by atoms with Crippen molar-refractivity contribution in [2.24, 2.45) is 11.3 Å². The van der Waals surface area contributed by atoms with Crippen LogP contribution >= 0.6 is 0 Å². The molecule has 1 aromatic rings. The molecule has 0 spiro atoms. The molecule has 1 N–H and O–H groups in total. The maximum absolute atomic E-state index is 12.9. The van der Waals surface area contributed by atoms with Crippen molar-refractivity contribution in [2.75, 3.05) is 19.6 Å². The van der Waals surface area contributed by atoms with E-state index in [1.54, 1.807) is 0 Å². The highest BCUT2D eigenvalue weighted by atomic mass is 16.4. The second-order valence-electron chi connectivity index (χ2n) is 10.3. The van der Waals surface area contributed by atoms with Crippen molar-refractivity contribution in [1.29, 1.82) is 0 Å². The molecule has 0 atom stereocenters. The molecule has 0 unspecified atom stereocenters. The van der Waals surface area contributed by atoms with Crippen LogP contribution in [0.4, 0.5) is 0 Å². The normalized spacial score (nSPS) is 23.8. The lowest BCUT2D eigenvalue weighted by atomic mass is 9.76. The molecule has 5 heteroatoms. The maximum atomic E-state index is 12.9. The Hall–Kier alpha value is -1.62. The van der Waals surface area contributed by atoms with Gasteiger partial charge in [0.05, 0.1) is 5.56 Å². The standard InChI is InChI=1S/C24H36N2O3/c1-16-21-19(27)13-24(2,3)14-20(21)29-22(16)23(28)25-18-9-11-26(12-10-18)15-17-7-5-4-6-8-17/h17-18H,4-15H2,1-3H3,(H,25,28). The smallest absolute Gasteiger partial charge is 0.287 e. The van der Waals surface area contributed by atoms with Crippen molar-refractivity contribution in [3.8, 4) is 0 Å². The molecule has 2 fully saturated rings. The average molecular weight is 401 g/mol. The van der Waals surface area contributed by atoms with Crippen LogP contribution in [0.2, 0.25) is 0 Å². The molecule has 2 heterocycles. The monoisotopic (exact) mass is 400 g/mol. The van der Waals surface area contributed by atoms with E-state index in [2.05, 4.69) is 24.1 Å². The first-order valence-electron chi connectivity index (χ1n) is 11.5. The van der Waals surface area contributed by atoms with Crippen LogP contribution in [-0.4, -0.2) is 42.3 Å². The second kappa shape index (κ2) is 8.25. The number of ketones is 1. The third kappa shape index (κ3) is 4.60. The molecular formula is C24H36N2O3. The van der Waals surface area contributed by atoms with Gasteiger partial charge in [0.15, 0.2) is 11.5 Å². The molecule has 0 aromatic carbocycles. The maximum Gasteiger partial charge on any atom is 0.287 e. The van der Waals surface area contributed by atoms with E-state index in [-0.39, 0.29) is 23.1 Å². The van der Waals surface area contributed by atoms with Crippen LogP contribution < -0.4 is 5.32 Å².